The molecule has 3 aliphatic heterocycles. The standard InChI is InChI=1S/C19H17F5N6O.C19H18F4N6O.C18H15F5N6O.5H2/c1-18(17(31)28-9-19(22,23)24)3-2-4-30(18)16-13(21)8-27-15(29-16)12-7-26-14-11(12)5-10(20)6-25-14;1-18(17(30)27-10-19(21,22)23)4-2-6-29(18)14-3-5-24-16(28-14)13-9-26-15-12(13)7-11(20)8-25-15;19-9-3-11-12(6-26-15(11)25-5-9)16-24-2-1-14(28-16)29-7-10(20)4-13(29)17(30)27-8-18(21,22)23;;;;;/h5-8H,2-4,9H2,1H3,(H,25,26)(H,28,31);3,5,7-9H,2,4,6,10H2,1H3,(H,25,26)(H,27,30);1-3,5-6,10,13H,4,7-8H2,(H,25,26)(H,27,30);5*1H/t2*18-;10-,13+;;;;;/m110...../s1. The quantitative estimate of drug-likeness (QED) is 0.0622. The number of hydrogen-bond acceptors (Lipinski definition) is 15. The Morgan fingerprint density at radius 3 is 1.46 bits per heavy atom. The number of carbonyl (C=O) groups is 3. The van der Waals surface area contributed by atoms with Gasteiger partial charge in [-0.05, 0) is 69.9 Å². The second-order valence-electron chi connectivity index (χ2n) is 21.6. The Kier molecular flexibility index (Phi) is 17.8. The molecule has 35 heteroatoms. The highest BCUT2D eigenvalue weighted by molar-refractivity contribution is 5.95. The van der Waals surface area contributed by atoms with Crippen molar-refractivity contribution in [3.8, 4) is 34.2 Å². The molecule has 12 rings (SSSR count). The summed E-state index contributed by atoms with van der Waals surface area (Å²) in [7, 11) is 0. The van der Waals surface area contributed by atoms with E-state index in [1.807, 2.05) is 10.6 Å². The first-order chi connectivity index (χ1) is 43.0. The molecule has 12 heterocycles. The fourth-order valence-electron chi connectivity index (χ4n) is 10.9. The molecule has 0 aliphatic carbocycles. The molecule has 0 bridgehead atoms. The van der Waals surface area contributed by atoms with Crippen LogP contribution in [0.15, 0.2) is 86.1 Å². The highest BCUT2D eigenvalue weighted by Gasteiger charge is 2.47. The fraction of sp³-hybridized carbons (Fsp3) is 0.357. The number of H-pyrrole nitrogens is 3. The molecule has 0 aromatic carbocycles. The van der Waals surface area contributed by atoms with Crippen molar-refractivity contribution in [3.05, 3.63) is 109 Å². The molecule has 3 saturated heterocycles. The van der Waals surface area contributed by atoms with Crippen LogP contribution in [-0.2, 0) is 14.4 Å². The Bertz CT molecular complexity index is 4190. The lowest BCUT2D eigenvalue weighted by atomic mass is 9.97. The zero-order chi connectivity index (χ0) is 65.4. The van der Waals surface area contributed by atoms with Crippen molar-refractivity contribution >= 4 is 68.3 Å². The fourth-order valence-corrected chi connectivity index (χ4v) is 10.9. The van der Waals surface area contributed by atoms with E-state index in [4.69, 9.17) is 0 Å². The van der Waals surface area contributed by atoms with Gasteiger partial charge in [-0.2, -0.15) is 39.5 Å². The predicted molar refractivity (Wildman–Crippen MR) is 310 cm³/mol. The van der Waals surface area contributed by atoms with Crippen LogP contribution < -0.4 is 30.7 Å². The maximum atomic E-state index is 14.7. The van der Waals surface area contributed by atoms with Gasteiger partial charge in [-0.25, -0.2) is 66.8 Å². The maximum absolute atomic E-state index is 14.7. The normalized spacial score (nSPS) is 19.4. The summed E-state index contributed by atoms with van der Waals surface area (Å²) in [5.74, 6) is -4.12. The molecule has 6 N–H and O–H groups in total. The van der Waals surface area contributed by atoms with E-state index < -0.39 is 102 Å². The first kappa shape index (κ1) is 64.1. The van der Waals surface area contributed by atoms with Gasteiger partial charge in [-0.15, -0.1) is 0 Å². The molecule has 0 unspecified atom stereocenters. The van der Waals surface area contributed by atoms with Crippen molar-refractivity contribution in [1.82, 2.24) is 75.8 Å². The van der Waals surface area contributed by atoms with Crippen LogP contribution in [0.3, 0.4) is 0 Å². The van der Waals surface area contributed by atoms with Crippen molar-refractivity contribution < 1.29 is 83.0 Å². The highest BCUT2D eigenvalue weighted by atomic mass is 19.4. The molecule has 3 amide bonds. The molecule has 9 aromatic heterocycles. The Morgan fingerprint density at radius 2 is 0.989 bits per heavy atom. The molecule has 21 nitrogen and oxygen atoms in total. The van der Waals surface area contributed by atoms with E-state index in [1.165, 1.54) is 65.8 Å². The number of aromatic amines is 3. The number of alkyl halides is 10. The molecule has 91 heavy (non-hydrogen) atoms. The molecule has 490 valence electrons. The first-order valence-corrected chi connectivity index (χ1v) is 27.5. The number of aromatic nitrogens is 12. The summed E-state index contributed by atoms with van der Waals surface area (Å²) in [6.45, 7) is -0.875. The van der Waals surface area contributed by atoms with Crippen molar-refractivity contribution in [1.29, 1.82) is 0 Å². The van der Waals surface area contributed by atoms with Crippen LogP contribution in [0, 0.1) is 23.3 Å². The largest absolute Gasteiger partial charge is 0.405 e. The van der Waals surface area contributed by atoms with Crippen LogP contribution in [0.1, 0.15) is 53.1 Å². The van der Waals surface area contributed by atoms with Gasteiger partial charge in [-0.3, -0.25) is 14.4 Å². The van der Waals surface area contributed by atoms with E-state index in [-0.39, 0.29) is 62.2 Å². The third-order valence-corrected chi connectivity index (χ3v) is 15.2. The van der Waals surface area contributed by atoms with Crippen LogP contribution in [0.4, 0.5) is 78.9 Å². The third-order valence-electron chi connectivity index (χ3n) is 15.2. The van der Waals surface area contributed by atoms with E-state index in [0.29, 0.717) is 81.4 Å². The van der Waals surface area contributed by atoms with Gasteiger partial charge in [0.1, 0.15) is 89.0 Å². The number of fused-ring (bicyclic) bond motifs is 3. The summed E-state index contributed by atoms with van der Waals surface area (Å²) >= 11 is 0. The lowest BCUT2D eigenvalue weighted by Crippen LogP contribution is -2.55. The monoisotopic (exact) mass is 1300 g/mol. The minimum Gasteiger partial charge on any atom is -0.345 e. The molecule has 9 aromatic rings. The van der Waals surface area contributed by atoms with Crippen molar-refractivity contribution in [3.63, 3.8) is 0 Å². The minimum absolute atomic E-state index is 0. The second kappa shape index (κ2) is 25.2. The van der Waals surface area contributed by atoms with Gasteiger partial charge < -0.3 is 45.6 Å². The summed E-state index contributed by atoms with van der Waals surface area (Å²) < 4.78 is 182. The van der Waals surface area contributed by atoms with Crippen molar-refractivity contribution in [2.24, 2.45) is 0 Å². The number of hydrogen-bond donors (Lipinski definition) is 6. The molecular formula is C56H60F14N18O3. The molecule has 3 aliphatic rings. The zero-order valence-electron chi connectivity index (χ0n) is 47.4. The summed E-state index contributed by atoms with van der Waals surface area (Å²) in [5.41, 5.74) is -0.00731. The molecule has 0 saturated carbocycles. The van der Waals surface area contributed by atoms with Gasteiger partial charge in [0.05, 0.1) is 31.3 Å². The van der Waals surface area contributed by atoms with E-state index in [1.54, 1.807) is 29.4 Å². The van der Waals surface area contributed by atoms with Gasteiger partial charge in [0.2, 0.25) is 17.7 Å². The van der Waals surface area contributed by atoms with Gasteiger partial charge in [-0.1, -0.05) is 0 Å². The lowest BCUT2D eigenvalue weighted by Gasteiger charge is -2.35. The summed E-state index contributed by atoms with van der Waals surface area (Å²) in [6, 6.07) is 5.68. The van der Waals surface area contributed by atoms with Crippen LogP contribution in [-0.4, -0.2) is 159 Å². The molecular weight excluding hydrogens is 1240 g/mol. The summed E-state index contributed by atoms with van der Waals surface area (Å²) in [6.07, 6.45) is -2.02. The number of carbonyl (C=O) groups excluding carboxylic acids is 3. The van der Waals surface area contributed by atoms with Crippen molar-refractivity contribution in [2.75, 3.05) is 54.0 Å². The SMILES string of the molecule is C[C@]1(C(=O)NCC(F)(F)F)CCCN1c1ccnc(-c2c[nH]c3ncc(F)cc23)n1.C[C@]1(C(=O)NCC(F)(F)F)CCCN1c1nc(-c2c[nH]c3ncc(F)cc23)ncc1F.O=C(NCC(F)(F)F)[C@H]1C[C@H](F)CN1c1ccnc(-c2c[nH]c3ncc(F)cc23)n1.[HH].[HH].[HH].[HH].[HH]. The van der Waals surface area contributed by atoms with E-state index >= 15 is 0 Å². The Labute approximate surface area is 511 Å². The summed E-state index contributed by atoms with van der Waals surface area (Å²) in [4.78, 5) is 87.5. The zero-order valence-corrected chi connectivity index (χ0v) is 47.4. The molecule has 0 spiro atoms. The van der Waals surface area contributed by atoms with E-state index in [0.717, 1.165) is 24.8 Å². The van der Waals surface area contributed by atoms with Crippen LogP contribution >= 0.6 is 0 Å². The van der Waals surface area contributed by atoms with Gasteiger partial charge in [0.25, 0.3) is 0 Å². The number of halogens is 14. The van der Waals surface area contributed by atoms with Crippen LogP contribution in [0.25, 0.3) is 67.3 Å². The Balaban J connectivity index is 0.000000254. The number of nitrogens with zero attached hydrogens (tertiary/aromatic N) is 12. The van der Waals surface area contributed by atoms with Gasteiger partial charge in [0, 0.05) is 90.5 Å². The number of amides is 3. The molecule has 3 fully saturated rings. The van der Waals surface area contributed by atoms with Gasteiger partial charge in [0.15, 0.2) is 29.1 Å². The number of rotatable bonds is 12. The Hall–Kier alpha value is -9.86. The number of anilines is 3. The Morgan fingerprint density at radius 1 is 0.571 bits per heavy atom. The van der Waals surface area contributed by atoms with Gasteiger partial charge >= 0.3 is 18.5 Å². The average Bonchev–Trinajstić information content (AvgIpc) is 1.58. The predicted octanol–water partition coefficient (Wildman–Crippen LogP) is 10.5. The van der Waals surface area contributed by atoms with E-state index in [2.05, 4.69) is 59.8 Å². The number of pyridine rings is 3. The average molecular weight is 1300 g/mol. The van der Waals surface area contributed by atoms with Crippen LogP contribution in [0.5, 0.6) is 0 Å². The third kappa shape index (κ3) is 14.3. The highest BCUT2D eigenvalue weighted by Crippen LogP contribution is 2.39. The molecule has 4 atom stereocenters. The smallest absolute Gasteiger partial charge is 0.345 e. The summed E-state index contributed by atoms with van der Waals surface area (Å²) in [5, 5.41) is 6.94. The van der Waals surface area contributed by atoms with E-state index in [9.17, 15) is 75.8 Å². The number of nitrogens with one attached hydrogen (secondary N) is 6. The topological polar surface area (TPSA) is 260 Å². The molecule has 0 radical (unpaired) electrons. The lowest BCUT2D eigenvalue weighted by molar-refractivity contribution is -0.141. The second-order valence-corrected chi connectivity index (χ2v) is 21.6. The first-order valence-electron chi connectivity index (χ1n) is 27.5. The minimum atomic E-state index is -4.57. The maximum Gasteiger partial charge on any atom is 0.405 e. The van der Waals surface area contributed by atoms with Crippen molar-refractivity contribution in [2.45, 2.75) is 87.8 Å². The van der Waals surface area contributed by atoms with Crippen LogP contribution in [0.2, 0.25) is 0 Å².